The zero-order valence-corrected chi connectivity index (χ0v) is 18.5. The number of benzene rings is 1. The Labute approximate surface area is 177 Å². The van der Waals surface area contributed by atoms with Crippen LogP contribution in [-0.2, 0) is 4.79 Å². The van der Waals surface area contributed by atoms with Crippen molar-refractivity contribution < 1.29 is 13.9 Å². The van der Waals surface area contributed by atoms with E-state index >= 15 is 0 Å². The number of hydrogen-bond donors (Lipinski definition) is 0. The molecule has 6 nitrogen and oxygen atoms in total. The van der Waals surface area contributed by atoms with Crippen LogP contribution in [0.4, 0.5) is 0 Å². The van der Waals surface area contributed by atoms with E-state index in [1.165, 1.54) is 19.4 Å². The second-order valence-electron chi connectivity index (χ2n) is 9.22. The van der Waals surface area contributed by atoms with Crippen molar-refractivity contribution in [2.75, 3.05) is 33.2 Å². The Balaban J connectivity index is 1.41. The van der Waals surface area contributed by atoms with Gasteiger partial charge in [0.15, 0.2) is 6.10 Å². The maximum Gasteiger partial charge on any atom is 0.339 e. The third-order valence-corrected chi connectivity index (χ3v) is 7.08. The number of nitrogens with zero attached hydrogens (tertiary/aromatic N) is 2. The first-order chi connectivity index (χ1) is 14.3. The minimum Gasteiger partial charge on any atom is -0.481 e. The molecule has 3 heterocycles. The van der Waals surface area contributed by atoms with Crippen molar-refractivity contribution in [2.45, 2.75) is 52.6 Å². The van der Waals surface area contributed by atoms with E-state index in [-0.39, 0.29) is 11.5 Å². The second-order valence-corrected chi connectivity index (χ2v) is 9.22. The molecule has 2 aliphatic heterocycles. The van der Waals surface area contributed by atoms with Gasteiger partial charge < -0.3 is 19.0 Å². The fourth-order valence-corrected chi connectivity index (χ4v) is 5.08. The molecular formula is C24H32N2O4. The van der Waals surface area contributed by atoms with Crippen LogP contribution < -0.4 is 10.4 Å². The van der Waals surface area contributed by atoms with E-state index in [1.54, 1.807) is 19.9 Å². The topological polar surface area (TPSA) is 63.0 Å². The lowest BCUT2D eigenvalue weighted by molar-refractivity contribution is -0.140. The molecule has 0 N–H and O–H groups in total. The van der Waals surface area contributed by atoms with Gasteiger partial charge in [0.25, 0.3) is 5.91 Å². The van der Waals surface area contributed by atoms with Gasteiger partial charge in [-0.3, -0.25) is 4.79 Å². The quantitative estimate of drug-likeness (QED) is 0.722. The molecule has 2 aromatic rings. The molecule has 0 radical (unpaired) electrons. The highest BCUT2D eigenvalue weighted by atomic mass is 16.5. The summed E-state index contributed by atoms with van der Waals surface area (Å²) < 4.78 is 11.3. The maximum atomic E-state index is 13.0. The van der Waals surface area contributed by atoms with E-state index < -0.39 is 6.10 Å². The van der Waals surface area contributed by atoms with Crippen molar-refractivity contribution in [3.05, 3.63) is 39.7 Å². The summed E-state index contributed by atoms with van der Waals surface area (Å²) in [5.74, 6) is 0.563. The molecule has 6 heteroatoms. The largest absolute Gasteiger partial charge is 0.481 e. The van der Waals surface area contributed by atoms with Gasteiger partial charge in [-0.1, -0.05) is 0 Å². The monoisotopic (exact) mass is 412 g/mol. The Kier molecular flexibility index (Phi) is 5.62. The average molecular weight is 413 g/mol. The third-order valence-electron chi connectivity index (χ3n) is 7.08. The minimum atomic E-state index is -0.580. The summed E-state index contributed by atoms with van der Waals surface area (Å²) in [5, 5.41) is 0.886. The first-order valence-corrected chi connectivity index (χ1v) is 11.0. The summed E-state index contributed by atoms with van der Waals surface area (Å²) in [6.45, 7) is 9.38. The number of piperidine rings is 2. The molecule has 2 aliphatic rings. The fraction of sp³-hybridized carbons (Fsp3) is 0.583. The Morgan fingerprint density at radius 1 is 1.13 bits per heavy atom. The normalized spacial score (nSPS) is 20.5. The molecule has 0 bridgehead atoms. The maximum absolute atomic E-state index is 13.0. The summed E-state index contributed by atoms with van der Waals surface area (Å²) >= 11 is 0. The number of carbonyl (C=O) groups is 1. The molecule has 30 heavy (non-hydrogen) atoms. The number of likely N-dealkylation sites (tertiary alicyclic amines) is 2. The summed E-state index contributed by atoms with van der Waals surface area (Å²) in [6.07, 6.45) is 4.07. The van der Waals surface area contributed by atoms with Crippen LogP contribution in [0.5, 0.6) is 5.75 Å². The third kappa shape index (κ3) is 3.97. The van der Waals surface area contributed by atoms with Crippen LogP contribution in [0.25, 0.3) is 11.0 Å². The molecule has 0 saturated carbocycles. The number of amides is 1. The molecule has 1 atom stereocenters. The van der Waals surface area contributed by atoms with Crippen LogP contribution in [-0.4, -0.2) is 55.0 Å². The summed E-state index contributed by atoms with van der Waals surface area (Å²) in [6, 6.07) is 5.43. The standard InChI is InChI=1S/C24H32N2O4/c1-16-17(2)23(28)30-21-14-19(6-7-20(16)21)29-18(3)22(27)26-12-9-24(10-13-26)8-5-11-25(4)15-24/h6-7,14,18H,5,8-13,15H2,1-4H3. The van der Waals surface area contributed by atoms with Crippen LogP contribution in [0.15, 0.2) is 27.4 Å². The Hall–Kier alpha value is -2.34. The number of rotatable bonds is 3. The highest BCUT2D eigenvalue weighted by molar-refractivity contribution is 5.83. The first-order valence-electron chi connectivity index (χ1n) is 11.0. The highest BCUT2D eigenvalue weighted by Crippen LogP contribution is 2.39. The molecule has 2 fully saturated rings. The van der Waals surface area contributed by atoms with Gasteiger partial charge in [0, 0.05) is 36.7 Å². The van der Waals surface area contributed by atoms with Gasteiger partial charge in [-0.05, 0) is 83.2 Å². The first kappa shape index (κ1) is 20.9. The van der Waals surface area contributed by atoms with E-state index in [9.17, 15) is 9.59 Å². The van der Waals surface area contributed by atoms with E-state index in [0.717, 1.165) is 43.4 Å². The van der Waals surface area contributed by atoms with E-state index in [1.807, 2.05) is 24.0 Å². The average Bonchev–Trinajstić information content (AvgIpc) is 2.72. The molecule has 1 unspecified atom stereocenters. The van der Waals surface area contributed by atoms with Crippen molar-refractivity contribution in [1.29, 1.82) is 0 Å². The molecule has 162 valence electrons. The van der Waals surface area contributed by atoms with Crippen molar-refractivity contribution in [2.24, 2.45) is 5.41 Å². The van der Waals surface area contributed by atoms with Crippen LogP contribution >= 0.6 is 0 Å². The van der Waals surface area contributed by atoms with Crippen molar-refractivity contribution in [1.82, 2.24) is 9.80 Å². The van der Waals surface area contributed by atoms with Gasteiger partial charge in [0.2, 0.25) is 0 Å². The van der Waals surface area contributed by atoms with E-state index in [0.29, 0.717) is 22.3 Å². The van der Waals surface area contributed by atoms with Crippen LogP contribution in [0.1, 0.15) is 43.7 Å². The van der Waals surface area contributed by atoms with Crippen LogP contribution in [0, 0.1) is 19.3 Å². The Morgan fingerprint density at radius 3 is 2.57 bits per heavy atom. The highest BCUT2D eigenvalue weighted by Gasteiger charge is 2.39. The summed E-state index contributed by atoms with van der Waals surface area (Å²) in [4.78, 5) is 29.3. The zero-order valence-electron chi connectivity index (χ0n) is 18.5. The molecule has 1 amide bonds. The molecular weight excluding hydrogens is 380 g/mol. The van der Waals surface area contributed by atoms with Gasteiger partial charge in [0.05, 0.1) is 0 Å². The smallest absolute Gasteiger partial charge is 0.339 e. The van der Waals surface area contributed by atoms with E-state index in [2.05, 4.69) is 11.9 Å². The fourth-order valence-electron chi connectivity index (χ4n) is 5.08. The minimum absolute atomic E-state index is 0.0238. The molecule has 4 rings (SSSR count). The van der Waals surface area contributed by atoms with Crippen molar-refractivity contribution in [3.63, 3.8) is 0 Å². The number of aryl methyl sites for hydroxylation is 1. The predicted molar refractivity (Wildman–Crippen MR) is 117 cm³/mol. The number of fused-ring (bicyclic) bond motifs is 1. The predicted octanol–water partition coefficient (Wildman–Crippen LogP) is 3.51. The van der Waals surface area contributed by atoms with Gasteiger partial charge in [0.1, 0.15) is 11.3 Å². The Bertz CT molecular complexity index is 1000. The lowest BCUT2D eigenvalue weighted by Crippen LogP contribution is -2.51. The van der Waals surface area contributed by atoms with Crippen LogP contribution in [0.3, 0.4) is 0 Å². The number of carbonyl (C=O) groups excluding carboxylic acids is 1. The molecule has 1 aromatic carbocycles. The van der Waals surface area contributed by atoms with Gasteiger partial charge in [-0.2, -0.15) is 0 Å². The van der Waals surface area contributed by atoms with Crippen LogP contribution in [0.2, 0.25) is 0 Å². The van der Waals surface area contributed by atoms with E-state index in [4.69, 9.17) is 9.15 Å². The molecule has 0 aliphatic carbocycles. The lowest BCUT2D eigenvalue weighted by Gasteiger charge is -2.47. The molecule has 1 spiro atoms. The SMILES string of the molecule is Cc1c(C)c2ccc(OC(C)C(=O)N3CCC4(CCCN(C)C4)CC3)cc2oc1=O. The van der Waals surface area contributed by atoms with Gasteiger partial charge >= 0.3 is 5.63 Å². The van der Waals surface area contributed by atoms with Crippen molar-refractivity contribution in [3.8, 4) is 5.75 Å². The second kappa shape index (κ2) is 8.06. The van der Waals surface area contributed by atoms with Crippen molar-refractivity contribution >= 4 is 16.9 Å². The lowest BCUT2D eigenvalue weighted by atomic mass is 9.72. The Morgan fingerprint density at radius 2 is 1.87 bits per heavy atom. The molecule has 1 aromatic heterocycles. The number of hydrogen-bond acceptors (Lipinski definition) is 5. The summed E-state index contributed by atoms with van der Waals surface area (Å²) in [7, 11) is 2.20. The van der Waals surface area contributed by atoms with Gasteiger partial charge in [-0.15, -0.1) is 0 Å². The molecule has 2 saturated heterocycles. The number of ether oxygens (including phenoxy) is 1. The zero-order chi connectivity index (χ0) is 21.5. The summed E-state index contributed by atoms with van der Waals surface area (Å²) in [5.41, 5.74) is 2.05. The van der Waals surface area contributed by atoms with Gasteiger partial charge in [-0.25, -0.2) is 4.79 Å².